The van der Waals surface area contributed by atoms with E-state index in [4.69, 9.17) is 4.74 Å². The van der Waals surface area contributed by atoms with Gasteiger partial charge >= 0.3 is 5.97 Å². The molecule has 4 heteroatoms. The van der Waals surface area contributed by atoms with Crippen molar-refractivity contribution < 1.29 is 14.3 Å². The van der Waals surface area contributed by atoms with Gasteiger partial charge in [0, 0.05) is 12.7 Å². The summed E-state index contributed by atoms with van der Waals surface area (Å²) in [5.41, 5.74) is 0. The van der Waals surface area contributed by atoms with Gasteiger partial charge in [-0.3, -0.25) is 9.59 Å². The Kier molecular flexibility index (Phi) is 5.15. The lowest BCUT2D eigenvalue weighted by Crippen LogP contribution is -2.23. The number of carbonyl (C=O) groups excluding carboxylic acids is 2. The molecule has 0 spiro atoms. The van der Waals surface area contributed by atoms with Crippen LogP contribution in [0.25, 0.3) is 0 Å². The average molecular weight is 230 g/mol. The zero-order valence-electron chi connectivity index (χ0n) is 9.32. The van der Waals surface area contributed by atoms with Crippen molar-refractivity contribution >= 4 is 22.8 Å². The van der Waals surface area contributed by atoms with Crippen LogP contribution in [0.2, 0.25) is 0 Å². The largest absolute Gasteiger partial charge is 0.469 e. The predicted molar refractivity (Wildman–Crippen MR) is 60.6 cm³/mol. The first-order chi connectivity index (χ1) is 7.13. The Morgan fingerprint density at radius 1 is 1.27 bits per heavy atom. The van der Waals surface area contributed by atoms with Crippen LogP contribution in [0.4, 0.5) is 0 Å². The van der Waals surface area contributed by atoms with Gasteiger partial charge in [0.25, 0.3) is 0 Å². The van der Waals surface area contributed by atoms with Crippen molar-refractivity contribution in [2.45, 2.75) is 32.6 Å². The Hall–Kier alpha value is -0.510. The summed E-state index contributed by atoms with van der Waals surface area (Å²) in [4.78, 5) is 22.1. The lowest BCUT2D eigenvalue weighted by atomic mass is 9.83. The highest BCUT2D eigenvalue weighted by Crippen LogP contribution is 2.31. The quantitative estimate of drug-likeness (QED) is 0.697. The maximum Gasteiger partial charge on any atom is 0.308 e. The van der Waals surface area contributed by atoms with Crippen LogP contribution in [0.15, 0.2) is 0 Å². The number of esters is 1. The third kappa shape index (κ3) is 4.24. The predicted octanol–water partition coefficient (Wildman–Crippen LogP) is 2.25. The molecule has 0 aliphatic heterocycles. The summed E-state index contributed by atoms with van der Waals surface area (Å²) in [6.45, 7) is 1.60. The third-order valence-electron chi connectivity index (χ3n) is 2.90. The summed E-state index contributed by atoms with van der Waals surface area (Å²) in [5.74, 6) is 1.52. The highest BCUT2D eigenvalue weighted by Gasteiger charge is 2.26. The van der Waals surface area contributed by atoms with Crippen molar-refractivity contribution in [1.29, 1.82) is 0 Å². The second-order valence-electron chi connectivity index (χ2n) is 4.04. The zero-order chi connectivity index (χ0) is 11.3. The molecule has 1 rings (SSSR count). The van der Waals surface area contributed by atoms with Crippen LogP contribution >= 0.6 is 11.8 Å². The topological polar surface area (TPSA) is 43.4 Å². The summed E-state index contributed by atoms with van der Waals surface area (Å²) >= 11 is 1.40. The first-order valence-corrected chi connectivity index (χ1v) is 6.33. The Balaban J connectivity index is 2.23. The number of methoxy groups -OCH3 is 1. The van der Waals surface area contributed by atoms with Gasteiger partial charge in [-0.1, -0.05) is 11.8 Å². The fraction of sp³-hybridized carbons (Fsp3) is 0.818. The lowest BCUT2D eigenvalue weighted by Gasteiger charge is -2.26. The van der Waals surface area contributed by atoms with E-state index in [1.807, 2.05) is 0 Å². The van der Waals surface area contributed by atoms with Gasteiger partial charge < -0.3 is 4.74 Å². The fourth-order valence-corrected chi connectivity index (χ4v) is 2.77. The molecule has 0 amide bonds. The molecule has 0 saturated heterocycles. The molecule has 0 N–H and O–H groups in total. The number of ether oxygens (including phenoxy) is 1. The summed E-state index contributed by atoms with van der Waals surface area (Å²) in [7, 11) is 1.44. The molecule has 15 heavy (non-hydrogen) atoms. The number of hydrogen-bond acceptors (Lipinski definition) is 4. The molecule has 0 aromatic heterocycles. The average Bonchev–Trinajstić information content (AvgIpc) is 2.26. The van der Waals surface area contributed by atoms with E-state index in [1.165, 1.54) is 18.9 Å². The highest BCUT2D eigenvalue weighted by molar-refractivity contribution is 8.13. The number of rotatable bonds is 3. The van der Waals surface area contributed by atoms with Crippen LogP contribution in [-0.2, 0) is 14.3 Å². The highest BCUT2D eigenvalue weighted by atomic mass is 32.2. The van der Waals surface area contributed by atoms with E-state index in [2.05, 4.69) is 0 Å². The molecule has 1 saturated carbocycles. The lowest BCUT2D eigenvalue weighted by molar-refractivity contribution is -0.146. The normalized spacial score (nSPS) is 26.0. The smallest absolute Gasteiger partial charge is 0.308 e. The monoisotopic (exact) mass is 230 g/mol. The Morgan fingerprint density at radius 2 is 1.87 bits per heavy atom. The number of carbonyl (C=O) groups is 2. The third-order valence-corrected chi connectivity index (χ3v) is 3.95. The first-order valence-electron chi connectivity index (χ1n) is 5.34. The van der Waals surface area contributed by atoms with E-state index in [-0.39, 0.29) is 17.0 Å². The van der Waals surface area contributed by atoms with Crippen molar-refractivity contribution in [3.63, 3.8) is 0 Å². The molecule has 0 heterocycles. The molecule has 1 aliphatic carbocycles. The molecule has 3 nitrogen and oxygen atoms in total. The van der Waals surface area contributed by atoms with E-state index in [0.29, 0.717) is 5.92 Å². The number of hydrogen-bond donors (Lipinski definition) is 0. The van der Waals surface area contributed by atoms with Gasteiger partial charge in [-0.15, -0.1) is 0 Å². The van der Waals surface area contributed by atoms with Crippen molar-refractivity contribution in [3.05, 3.63) is 0 Å². The molecule has 0 aromatic carbocycles. The van der Waals surface area contributed by atoms with Gasteiger partial charge in [0.05, 0.1) is 13.0 Å². The Labute approximate surface area is 94.9 Å². The minimum Gasteiger partial charge on any atom is -0.469 e. The van der Waals surface area contributed by atoms with Crippen molar-refractivity contribution in [2.75, 3.05) is 12.9 Å². The van der Waals surface area contributed by atoms with E-state index in [1.54, 1.807) is 6.92 Å². The molecule has 1 aliphatic rings. The molecule has 1 fully saturated rings. The van der Waals surface area contributed by atoms with Gasteiger partial charge in [0.15, 0.2) is 5.12 Å². The summed E-state index contributed by atoms with van der Waals surface area (Å²) in [5, 5.41) is 0.185. The molecule has 0 aromatic rings. The molecule has 0 unspecified atom stereocenters. The van der Waals surface area contributed by atoms with Gasteiger partial charge in [-0.2, -0.15) is 0 Å². The minimum atomic E-state index is -0.0762. The summed E-state index contributed by atoms with van der Waals surface area (Å²) in [6, 6.07) is 0. The molecular weight excluding hydrogens is 212 g/mol. The van der Waals surface area contributed by atoms with E-state index < -0.39 is 0 Å². The SMILES string of the molecule is COC(=O)[C@H]1CC[C@H](CSC(C)=O)CC1. The molecule has 0 atom stereocenters. The molecule has 0 bridgehead atoms. The van der Waals surface area contributed by atoms with Crippen LogP contribution in [0.1, 0.15) is 32.6 Å². The standard InChI is InChI=1S/C11H18O3S/c1-8(12)15-7-9-3-5-10(6-4-9)11(13)14-2/h9-10H,3-7H2,1-2H3/t9-,10-. The Morgan fingerprint density at radius 3 is 2.33 bits per heavy atom. The van der Waals surface area contributed by atoms with Gasteiger partial charge in [-0.05, 0) is 31.6 Å². The second-order valence-corrected chi connectivity index (χ2v) is 5.24. The summed E-state index contributed by atoms with van der Waals surface area (Å²) < 4.78 is 4.72. The molecule has 0 radical (unpaired) electrons. The zero-order valence-corrected chi connectivity index (χ0v) is 10.1. The maximum atomic E-state index is 11.3. The van der Waals surface area contributed by atoms with E-state index >= 15 is 0 Å². The Bertz CT molecular complexity index is 232. The van der Waals surface area contributed by atoms with Crippen molar-refractivity contribution in [2.24, 2.45) is 11.8 Å². The second kappa shape index (κ2) is 6.16. The van der Waals surface area contributed by atoms with Gasteiger partial charge in [-0.25, -0.2) is 0 Å². The van der Waals surface area contributed by atoms with Crippen LogP contribution < -0.4 is 0 Å². The van der Waals surface area contributed by atoms with Gasteiger partial charge in [0.2, 0.25) is 0 Å². The van der Waals surface area contributed by atoms with Crippen molar-refractivity contribution in [1.82, 2.24) is 0 Å². The maximum absolute atomic E-state index is 11.3. The van der Waals surface area contributed by atoms with Crippen LogP contribution in [-0.4, -0.2) is 23.9 Å². The molecule has 86 valence electrons. The first kappa shape index (κ1) is 12.6. The van der Waals surface area contributed by atoms with Crippen LogP contribution in [0.3, 0.4) is 0 Å². The van der Waals surface area contributed by atoms with E-state index in [9.17, 15) is 9.59 Å². The molecular formula is C11H18O3S. The van der Waals surface area contributed by atoms with Gasteiger partial charge in [0.1, 0.15) is 0 Å². The summed E-state index contributed by atoms with van der Waals surface area (Å²) in [6.07, 6.45) is 3.91. The van der Waals surface area contributed by atoms with Crippen LogP contribution in [0.5, 0.6) is 0 Å². The van der Waals surface area contributed by atoms with E-state index in [0.717, 1.165) is 31.4 Å². The van der Waals surface area contributed by atoms with Crippen molar-refractivity contribution in [3.8, 4) is 0 Å². The minimum absolute atomic E-state index is 0.0762. The fourth-order valence-electron chi connectivity index (χ4n) is 1.97. The number of thioether (sulfide) groups is 1. The van der Waals surface area contributed by atoms with Crippen LogP contribution in [0, 0.1) is 11.8 Å².